The Labute approximate surface area is 203 Å². The summed E-state index contributed by atoms with van der Waals surface area (Å²) in [5.41, 5.74) is 1.28. The Hall–Kier alpha value is -2.36. The molecule has 0 unspecified atom stereocenters. The second kappa shape index (κ2) is 10.7. The highest BCUT2D eigenvalue weighted by molar-refractivity contribution is 8.00. The maximum Gasteiger partial charge on any atom is 0.321 e. The maximum absolute atomic E-state index is 12.4. The van der Waals surface area contributed by atoms with Gasteiger partial charge in [-0.25, -0.2) is 14.8 Å². The lowest BCUT2D eigenvalue weighted by Gasteiger charge is -2.32. The van der Waals surface area contributed by atoms with Gasteiger partial charge in [-0.1, -0.05) is 62.4 Å². The summed E-state index contributed by atoms with van der Waals surface area (Å²) in [7, 11) is 0. The number of hydrogen-bond acceptors (Lipinski definition) is 7. The van der Waals surface area contributed by atoms with E-state index in [-0.39, 0.29) is 17.5 Å². The fraction of sp³-hybridized carbons (Fsp3) is 0.458. The van der Waals surface area contributed by atoms with Crippen molar-refractivity contribution in [1.82, 2.24) is 20.2 Å². The first-order valence-corrected chi connectivity index (χ1v) is 13.0. The lowest BCUT2D eigenvalue weighted by molar-refractivity contribution is 0.190. The highest BCUT2D eigenvalue weighted by Gasteiger charge is 2.22. The molecular weight excluding hydrogens is 454 g/mol. The molecule has 0 spiro atoms. The van der Waals surface area contributed by atoms with Crippen LogP contribution in [0, 0.1) is 0 Å². The molecule has 1 fully saturated rings. The van der Waals surface area contributed by atoms with Crippen LogP contribution in [0.3, 0.4) is 0 Å². The second-order valence-electron chi connectivity index (χ2n) is 9.28. The Morgan fingerprint density at radius 2 is 1.94 bits per heavy atom. The van der Waals surface area contributed by atoms with Crippen molar-refractivity contribution in [2.75, 3.05) is 18.4 Å². The number of likely N-dealkylation sites (tertiary alicyclic amines) is 1. The van der Waals surface area contributed by atoms with Crippen LogP contribution in [0.1, 0.15) is 50.8 Å². The number of nitrogens with zero attached hydrogens (tertiary/aromatic N) is 3. The lowest BCUT2D eigenvalue weighted by atomic mass is 9.94. The molecule has 176 valence electrons. The molecule has 0 saturated carbocycles. The average Bonchev–Trinajstić information content (AvgIpc) is 3.44. The van der Waals surface area contributed by atoms with Crippen LogP contribution in [0.4, 0.5) is 9.93 Å². The van der Waals surface area contributed by atoms with E-state index >= 15 is 0 Å². The van der Waals surface area contributed by atoms with Crippen molar-refractivity contribution in [3.05, 3.63) is 59.9 Å². The molecule has 1 aromatic carbocycles. The summed E-state index contributed by atoms with van der Waals surface area (Å²) in [5, 5.41) is 6.56. The minimum Gasteiger partial charge on any atom is -0.444 e. The summed E-state index contributed by atoms with van der Waals surface area (Å²) >= 11 is 3.06. The molecule has 3 heterocycles. The second-order valence-corrected chi connectivity index (χ2v) is 11.6. The standard InChI is InChI=1S/C24H31N5O2S2/c1-24(2,3)19-13-25-20(31-19)16-32-21-14-26-23(33-21)28-22(30)27-18-9-11-29(12-10-18)15-17-7-5-4-6-8-17/h4-8,13-14,18H,9-12,15-16H2,1-3H3,(H2,26,27,28,30). The van der Waals surface area contributed by atoms with Crippen LogP contribution in [0.5, 0.6) is 0 Å². The third kappa shape index (κ3) is 7.06. The van der Waals surface area contributed by atoms with Crippen molar-refractivity contribution in [3.63, 3.8) is 0 Å². The molecule has 3 aromatic rings. The topological polar surface area (TPSA) is 83.3 Å². The van der Waals surface area contributed by atoms with Gasteiger partial charge in [0.2, 0.25) is 5.89 Å². The number of urea groups is 1. The summed E-state index contributed by atoms with van der Waals surface area (Å²) < 4.78 is 6.84. The summed E-state index contributed by atoms with van der Waals surface area (Å²) in [6.45, 7) is 9.23. The van der Waals surface area contributed by atoms with Crippen LogP contribution < -0.4 is 10.6 Å². The van der Waals surface area contributed by atoms with Gasteiger partial charge in [-0.15, -0.1) is 11.8 Å². The predicted molar refractivity (Wildman–Crippen MR) is 134 cm³/mol. The number of anilines is 1. The van der Waals surface area contributed by atoms with Gasteiger partial charge in [0.1, 0.15) is 5.76 Å². The monoisotopic (exact) mass is 485 g/mol. The zero-order valence-corrected chi connectivity index (χ0v) is 21.0. The molecule has 9 heteroatoms. The maximum atomic E-state index is 12.4. The molecule has 7 nitrogen and oxygen atoms in total. The van der Waals surface area contributed by atoms with Gasteiger partial charge in [-0.3, -0.25) is 10.2 Å². The SMILES string of the molecule is CC(C)(C)c1cnc(CSc2cnc(NC(=O)NC3CCN(Cc4ccccc4)CC3)s2)o1. The molecule has 33 heavy (non-hydrogen) atoms. The summed E-state index contributed by atoms with van der Waals surface area (Å²) in [6, 6.07) is 10.5. The van der Waals surface area contributed by atoms with Crippen LogP contribution in [0.25, 0.3) is 0 Å². The number of rotatable bonds is 7. The lowest BCUT2D eigenvalue weighted by Crippen LogP contribution is -2.45. The van der Waals surface area contributed by atoms with Crippen molar-refractivity contribution < 1.29 is 9.21 Å². The Kier molecular flexibility index (Phi) is 7.72. The van der Waals surface area contributed by atoms with Crippen molar-refractivity contribution in [2.45, 2.75) is 61.6 Å². The fourth-order valence-electron chi connectivity index (χ4n) is 3.64. The fourth-order valence-corrected chi connectivity index (χ4v) is 5.36. The van der Waals surface area contributed by atoms with Crippen LogP contribution in [0.15, 0.2) is 51.4 Å². The molecule has 0 aliphatic carbocycles. The molecule has 0 bridgehead atoms. The highest BCUT2D eigenvalue weighted by Crippen LogP contribution is 2.31. The molecule has 4 rings (SSSR count). The van der Waals surface area contributed by atoms with Crippen LogP contribution in [-0.4, -0.2) is 40.0 Å². The van der Waals surface area contributed by atoms with Gasteiger partial charge in [0, 0.05) is 31.1 Å². The molecule has 0 radical (unpaired) electrons. The quantitative estimate of drug-likeness (QED) is 0.430. The number of hydrogen-bond donors (Lipinski definition) is 2. The van der Waals surface area contributed by atoms with E-state index in [1.54, 1.807) is 24.2 Å². The summed E-state index contributed by atoms with van der Waals surface area (Å²) in [5.74, 6) is 2.21. The van der Waals surface area contributed by atoms with E-state index in [1.807, 2.05) is 6.07 Å². The predicted octanol–water partition coefficient (Wildman–Crippen LogP) is 5.51. The first-order chi connectivity index (χ1) is 15.8. The van der Waals surface area contributed by atoms with Gasteiger partial charge in [0.05, 0.1) is 22.4 Å². The normalized spacial score (nSPS) is 15.5. The van der Waals surface area contributed by atoms with Gasteiger partial charge in [-0.2, -0.15) is 0 Å². The van der Waals surface area contributed by atoms with E-state index in [4.69, 9.17) is 4.42 Å². The van der Waals surface area contributed by atoms with Crippen molar-refractivity contribution in [2.24, 2.45) is 0 Å². The number of oxazole rings is 1. The van der Waals surface area contributed by atoms with Crippen molar-refractivity contribution in [3.8, 4) is 0 Å². The molecule has 1 aliphatic heterocycles. The summed E-state index contributed by atoms with van der Waals surface area (Å²) in [4.78, 5) is 23.6. The average molecular weight is 486 g/mol. The van der Waals surface area contributed by atoms with Gasteiger partial charge in [-0.05, 0) is 18.4 Å². The minimum absolute atomic E-state index is 0.0522. The Bertz CT molecular complexity index is 1040. The number of benzene rings is 1. The van der Waals surface area contributed by atoms with Gasteiger partial charge >= 0.3 is 6.03 Å². The Balaban J connectivity index is 1.18. The van der Waals surface area contributed by atoms with E-state index in [2.05, 4.69) is 70.5 Å². The zero-order valence-electron chi connectivity index (χ0n) is 19.3. The Morgan fingerprint density at radius 3 is 2.64 bits per heavy atom. The zero-order chi connectivity index (χ0) is 23.3. The summed E-state index contributed by atoms with van der Waals surface area (Å²) in [6.07, 6.45) is 5.48. The Morgan fingerprint density at radius 1 is 1.18 bits per heavy atom. The van der Waals surface area contributed by atoms with Crippen LogP contribution >= 0.6 is 23.1 Å². The third-order valence-corrected chi connectivity index (χ3v) is 7.60. The number of carbonyl (C=O) groups excluding carboxylic acids is 1. The first kappa shape index (κ1) is 23.8. The largest absolute Gasteiger partial charge is 0.444 e. The van der Waals surface area contributed by atoms with E-state index < -0.39 is 0 Å². The van der Waals surface area contributed by atoms with Crippen LogP contribution in [-0.2, 0) is 17.7 Å². The number of thioether (sulfide) groups is 1. The minimum atomic E-state index is -0.190. The molecule has 2 N–H and O–H groups in total. The van der Waals surface area contributed by atoms with Crippen LogP contribution in [0.2, 0.25) is 0 Å². The molecule has 2 amide bonds. The molecule has 1 aliphatic rings. The molecule has 0 atom stereocenters. The first-order valence-electron chi connectivity index (χ1n) is 11.2. The number of amides is 2. The van der Waals surface area contributed by atoms with Crippen molar-refractivity contribution >= 4 is 34.3 Å². The molecule has 1 saturated heterocycles. The number of nitrogens with one attached hydrogen (secondary N) is 2. The number of thiazole rings is 1. The van der Waals surface area contributed by atoms with Gasteiger partial charge in [0.15, 0.2) is 5.13 Å². The van der Waals surface area contributed by atoms with E-state index in [0.717, 1.165) is 42.4 Å². The number of carbonyl (C=O) groups is 1. The van der Waals surface area contributed by atoms with E-state index in [9.17, 15) is 4.79 Å². The number of piperidine rings is 1. The smallest absolute Gasteiger partial charge is 0.321 e. The van der Waals surface area contributed by atoms with Crippen molar-refractivity contribution in [1.29, 1.82) is 0 Å². The van der Waals surface area contributed by atoms with Gasteiger partial charge < -0.3 is 9.73 Å². The third-order valence-electron chi connectivity index (χ3n) is 5.51. The molecule has 2 aromatic heterocycles. The highest BCUT2D eigenvalue weighted by atomic mass is 32.2. The van der Waals surface area contributed by atoms with E-state index in [1.165, 1.54) is 16.9 Å². The van der Waals surface area contributed by atoms with Gasteiger partial charge in [0.25, 0.3) is 0 Å². The molecular formula is C24H31N5O2S2. The van der Waals surface area contributed by atoms with E-state index in [0.29, 0.717) is 16.8 Å². The number of aromatic nitrogens is 2.